The van der Waals surface area contributed by atoms with Crippen LogP contribution in [0.25, 0.3) is 0 Å². The summed E-state index contributed by atoms with van der Waals surface area (Å²) in [4.78, 5) is 14.8. The third-order valence-corrected chi connectivity index (χ3v) is 6.53. The Hall–Kier alpha value is -2.97. The summed E-state index contributed by atoms with van der Waals surface area (Å²) in [6.07, 6.45) is 1.14. The Morgan fingerprint density at radius 1 is 1.11 bits per heavy atom. The van der Waals surface area contributed by atoms with Gasteiger partial charge in [0.15, 0.2) is 0 Å². The molecule has 1 heterocycles. The Bertz CT molecular complexity index is 1140. The van der Waals surface area contributed by atoms with E-state index in [1.807, 2.05) is 30.3 Å². The molecule has 1 fully saturated rings. The van der Waals surface area contributed by atoms with Gasteiger partial charge in [-0.25, -0.2) is 4.39 Å². The number of anilines is 1. The fourth-order valence-corrected chi connectivity index (χ4v) is 4.58. The van der Waals surface area contributed by atoms with Crippen molar-refractivity contribution >= 4 is 23.2 Å². The number of ether oxygens (including phenoxy) is 1. The van der Waals surface area contributed by atoms with Crippen LogP contribution >= 0.6 is 11.6 Å². The first kappa shape index (κ1) is 26.1. The molecule has 1 unspecified atom stereocenters. The molecule has 36 heavy (non-hydrogen) atoms. The highest BCUT2D eigenvalue weighted by Gasteiger charge is 2.24. The Morgan fingerprint density at radius 3 is 2.58 bits per heavy atom. The number of rotatable bonds is 10. The van der Waals surface area contributed by atoms with E-state index in [-0.39, 0.29) is 23.6 Å². The molecule has 1 aliphatic rings. The highest BCUT2D eigenvalue weighted by atomic mass is 35.5. The second-order valence-electron chi connectivity index (χ2n) is 8.94. The van der Waals surface area contributed by atoms with Crippen LogP contribution in [0.15, 0.2) is 72.8 Å². The van der Waals surface area contributed by atoms with Crippen molar-refractivity contribution in [3.63, 3.8) is 0 Å². The molecule has 8 heteroatoms. The predicted octanol–water partition coefficient (Wildman–Crippen LogP) is 4.73. The number of carbonyl (C=O) groups is 1. The second-order valence-corrected chi connectivity index (χ2v) is 9.35. The van der Waals surface area contributed by atoms with Gasteiger partial charge >= 0.3 is 0 Å². The standard InChI is InChI=1S/C28H31ClFN3O3/c29-24-16-20(10-11-25(24)30)17-33(22-12-14-31-15-13-22)18-23(34)19-36-27-9-5-4-8-26(27)32-28(35)21-6-2-1-3-7-21/h1-11,16,22-23,31,34H,12-15,17-19H2,(H,32,35). The molecule has 1 amide bonds. The number of amides is 1. The molecule has 0 radical (unpaired) electrons. The lowest BCUT2D eigenvalue weighted by atomic mass is 10.0. The summed E-state index contributed by atoms with van der Waals surface area (Å²) in [6, 6.07) is 21.1. The van der Waals surface area contributed by atoms with E-state index < -0.39 is 11.9 Å². The van der Waals surface area contributed by atoms with Gasteiger partial charge in [-0.1, -0.05) is 48.0 Å². The molecule has 3 N–H and O–H groups in total. The van der Waals surface area contributed by atoms with E-state index in [0.717, 1.165) is 31.5 Å². The lowest BCUT2D eigenvalue weighted by Crippen LogP contribution is -2.46. The minimum atomic E-state index is -0.770. The summed E-state index contributed by atoms with van der Waals surface area (Å²) in [6.45, 7) is 2.81. The highest BCUT2D eigenvalue weighted by Crippen LogP contribution is 2.25. The first-order chi connectivity index (χ1) is 17.5. The number of hydrogen-bond acceptors (Lipinski definition) is 5. The van der Waals surface area contributed by atoms with E-state index in [2.05, 4.69) is 15.5 Å². The van der Waals surface area contributed by atoms with Crippen LogP contribution in [0.5, 0.6) is 5.75 Å². The van der Waals surface area contributed by atoms with Crippen LogP contribution in [-0.4, -0.2) is 54.3 Å². The van der Waals surface area contributed by atoms with Crippen molar-refractivity contribution in [3.05, 3.63) is 94.8 Å². The summed E-state index contributed by atoms with van der Waals surface area (Å²) in [5.41, 5.74) is 1.97. The normalized spacial score (nSPS) is 15.0. The average molecular weight is 512 g/mol. The van der Waals surface area contributed by atoms with Crippen LogP contribution in [0.4, 0.5) is 10.1 Å². The van der Waals surface area contributed by atoms with E-state index in [1.165, 1.54) is 6.07 Å². The van der Waals surface area contributed by atoms with E-state index in [1.54, 1.807) is 36.4 Å². The number of piperidine rings is 1. The average Bonchev–Trinajstić information content (AvgIpc) is 2.91. The Morgan fingerprint density at radius 2 is 1.83 bits per heavy atom. The van der Waals surface area contributed by atoms with Crippen molar-refractivity contribution in [1.82, 2.24) is 10.2 Å². The number of para-hydroxylation sites is 2. The third-order valence-electron chi connectivity index (χ3n) is 6.24. The molecule has 0 spiro atoms. The van der Waals surface area contributed by atoms with Gasteiger partial charge in [0.25, 0.3) is 5.91 Å². The molecule has 1 aliphatic heterocycles. The SMILES string of the molecule is O=C(Nc1ccccc1OCC(O)CN(Cc1ccc(F)c(Cl)c1)C1CCNCC1)c1ccccc1. The van der Waals surface area contributed by atoms with Crippen LogP contribution in [-0.2, 0) is 6.54 Å². The third kappa shape index (κ3) is 7.27. The lowest BCUT2D eigenvalue weighted by Gasteiger charge is -2.36. The van der Waals surface area contributed by atoms with Gasteiger partial charge in [-0.15, -0.1) is 0 Å². The fraction of sp³-hybridized carbons (Fsp3) is 0.321. The van der Waals surface area contributed by atoms with Crippen LogP contribution in [0.1, 0.15) is 28.8 Å². The number of hydrogen-bond donors (Lipinski definition) is 3. The fourth-order valence-electron chi connectivity index (χ4n) is 4.38. The van der Waals surface area contributed by atoms with Gasteiger partial charge in [0.1, 0.15) is 24.3 Å². The first-order valence-electron chi connectivity index (χ1n) is 12.1. The lowest BCUT2D eigenvalue weighted by molar-refractivity contribution is 0.0416. The maximum atomic E-state index is 13.6. The number of carbonyl (C=O) groups excluding carboxylic acids is 1. The molecule has 0 saturated carbocycles. The number of aliphatic hydroxyl groups is 1. The van der Waals surface area contributed by atoms with Crippen molar-refractivity contribution < 1.29 is 19.0 Å². The van der Waals surface area contributed by atoms with E-state index in [0.29, 0.717) is 30.1 Å². The van der Waals surface area contributed by atoms with Crippen molar-refractivity contribution in [2.75, 3.05) is 31.6 Å². The molecule has 3 aromatic rings. The van der Waals surface area contributed by atoms with Gasteiger partial charge in [-0.3, -0.25) is 9.69 Å². The van der Waals surface area contributed by atoms with E-state index >= 15 is 0 Å². The quantitative estimate of drug-likeness (QED) is 0.367. The topological polar surface area (TPSA) is 73.8 Å². The monoisotopic (exact) mass is 511 g/mol. The van der Waals surface area contributed by atoms with Crippen LogP contribution in [0.2, 0.25) is 5.02 Å². The van der Waals surface area contributed by atoms with Crippen LogP contribution < -0.4 is 15.4 Å². The molecule has 0 bridgehead atoms. The Balaban J connectivity index is 1.39. The molecule has 0 aromatic heterocycles. The number of nitrogens with zero attached hydrogens (tertiary/aromatic N) is 1. The number of benzene rings is 3. The Kier molecular flexibility index (Phi) is 9.30. The largest absolute Gasteiger partial charge is 0.489 e. The van der Waals surface area contributed by atoms with Crippen molar-refractivity contribution in [3.8, 4) is 5.75 Å². The molecule has 1 saturated heterocycles. The molecule has 0 aliphatic carbocycles. The van der Waals surface area contributed by atoms with Gasteiger partial charge in [-0.05, 0) is 67.9 Å². The zero-order valence-electron chi connectivity index (χ0n) is 20.0. The van der Waals surface area contributed by atoms with Gasteiger partial charge in [0, 0.05) is 24.7 Å². The second kappa shape index (κ2) is 12.8. The molecule has 6 nitrogen and oxygen atoms in total. The zero-order chi connectivity index (χ0) is 25.3. The summed E-state index contributed by atoms with van der Waals surface area (Å²) >= 11 is 5.99. The summed E-state index contributed by atoms with van der Waals surface area (Å²) < 4.78 is 19.6. The van der Waals surface area contributed by atoms with Crippen molar-refractivity contribution in [2.45, 2.75) is 31.5 Å². The molecular weight excluding hydrogens is 481 g/mol. The number of aliphatic hydroxyl groups excluding tert-OH is 1. The van der Waals surface area contributed by atoms with Crippen molar-refractivity contribution in [2.24, 2.45) is 0 Å². The number of halogens is 2. The minimum Gasteiger partial charge on any atom is -0.489 e. The predicted molar refractivity (Wildman–Crippen MR) is 140 cm³/mol. The van der Waals surface area contributed by atoms with Gasteiger partial charge in [0.05, 0.1) is 10.7 Å². The smallest absolute Gasteiger partial charge is 0.255 e. The van der Waals surface area contributed by atoms with E-state index in [4.69, 9.17) is 16.3 Å². The highest BCUT2D eigenvalue weighted by molar-refractivity contribution is 6.30. The Labute approximate surface area is 216 Å². The zero-order valence-corrected chi connectivity index (χ0v) is 20.8. The molecule has 3 aromatic carbocycles. The van der Waals surface area contributed by atoms with Gasteiger partial charge < -0.3 is 20.5 Å². The van der Waals surface area contributed by atoms with Crippen LogP contribution in [0.3, 0.4) is 0 Å². The summed E-state index contributed by atoms with van der Waals surface area (Å²) in [7, 11) is 0. The summed E-state index contributed by atoms with van der Waals surface area (Å²) in [5.74, 6) is -0.193. The molecule has 4 rings (SSSR count). The van der Waals surface area contributed by atoms with E-state index in [9.17, 15) is 14.3 Å². The minimum absolute atomic E-state index is 0.0594. The molecule has 1 atom stereocenters. The molecule has 190 valence electrons. The first-order valence-corrected chi connectivity index (χ1v) is 12.5. The van der Waals surface area contributed by atoms with Crippen molar-refractivity contribution in [1.29, 1.82) is 0 Å². The van der Waals surface area contributed by atoms with Gasteiger partial charge in [-0.2, -0.15) is 0 Å². The maximum Gasteiger partial charge on any atom is 0.255 e. The summed E-state index contributed by atoms with van der Waals surface area (Å²) in [5, 5.41) is 17.2. The number of nitrogens with one attached hydrogen (secondary N) is 2. The molecular formula is C28H31ClFN3O3. The van der Waals surface area contributed by atoms with Crippen LogP contribution in [0, 0.1) is 5.82 Å². The van der Waals surface area contributed by atoms with Gasteiger partial charge in [0.2, 0.25) is 0 Å². The maximum absolute atomic E-state index is 13.6.